The Kier molecular flexibility index (Phi) is 7.85. The number of anilines is 1. The van der Waals surface area contributed by atoms with E-state index >= 15 is 0 Å². The van der Waals surface area contributed by atoms with Gasteiger partial charge < -0.3 is 15.4 Å². The maximum Gasteiger partial charge on any atom is 0.157 e. The van der Waals surface area contributed by atoms with Crippen LogP contribution in [0.5, 0.6) is 5.75 Å². The summed E-state index contributed by atoms with van der Waals surface area (Å²) >= 11 is 0. The van der Waals surface area contributed by atoms with Gasteiger partial charge in [-0.3, -0.25) is 0 Å². The van der Waals surface area contributed by atoms with Crippen LogP contribution in [0.15, 0.2) is 24.4 Å². The number of fused-ring (bicyclic) bond motifs is 1. The van der Waals surface area contributed by atoms with E-state index in [2.05, 4.69) is 28.6 Å². The second-order valence-electron chi connectivity index (χ2n) is 7.48. The van der Waals surface area contributed by atoms with Crippen molar-refractivity contribution in [3.8, 4) is 17.1 Å². The fourth-order valence-corrected chi connectivity index (χ4v) is 3.73. The summed E-state index contributed by atoms with van der Waals surface area (Å²) in [6.45, 7) is 12.1. The van der Waals surface area contributed by atoms with Gasteiger partial charge in [0.15, 0.2) is 5.65 Å². The van der Waals surface area contributed by atoms with Crippen LogP contribution in [0.2, 0.25) is 0 Å². The Balaban J connectivity index is 0.000000645. The van der Waals surface area contributed by atoms with Crippen molar-refractivity contribution in [3.63, 3.8) is 0 Å². The van der Waals surface area contributed by atoms with Crippen LogP contribution in [-0.2, 0) is 0 Å². The molecule has 1 aliphatic carbocycles. The monoisotopic (exact) mass is 424 g/mol. The first kappa shape index (κ1) is 23.0. The predicted molar refractivity (Wildman–Crippen MR) is 127 cm³/mol. The highest BCUT2D eigenvalue weighted by Gasteiger charge is 2.30. The highest BCUT2D eigenvalue weighted by atomic mass is 16.5. The molecule has 0 radical (unpaired) electrons. The van der Waals surface area contributed by atoms with Crippen LogP contribution in [-0.4, -0.2) is 45.8 Å². The number of hydrogen-bond acceptors (Lipinski definition) is 6. The van der Waals surface area contributed by atoms with Gasteiger partial charge in [0.1, 0.15) is 23.0 Å². The largest absolute Gasteiger partial charge is 0.495 e. The number of aromatic nitrogens is 4. The molecule has 3 aromatic rings. The molecule has 0 aromatic carbocycles. The number of nitrogens with zero attached hydrogens (tertiary/aromatic N) is 4. The molecule has 1 saturated heterocycles. The molecule has 0 spiro atoms. The Hall–Kier alpha value is -2.67. The lowest BCUT2D eigenvalue weighted by molar-refractivity contribution is 0.405. The zero-order valence-corrected chi connectivity index (χ0v) is 19.7. The quantitative estimate of drug-likeness (QED) is 0.612. The van der Waals surface area contributed by atoms with Crippen LogP contribution in [0.3, 0.4) is 0 Å². The fraction of sp³-hybridized carbons (Fsp3) is 0.542. The third kappa shape index (κ3) is 4.98. The van der Waals surface area contributed by atoms with Crippen LogP contribution in [0.1, 0.15) is 64.1 Å². The Bertz CT molecular complexity index is 989. The van der Waals surface area contributed by atoms with Crippen molar-refractivity contribution < 1.29 is 4.74 Å². The predicted octanol–water partition coefficient (Wildman–Crippen LogP) is 4.81. The van der Waals surface area contributed by atoms with E-state index in [-0.39, 0.29) is 0 Å². The van der Waals surface area contributed by atoms with Crippen LogP contribution in [0.4, 0.5) is 5.82 Å². The lowest BCUT2D eigenvalue weighted by Gasteiger charge is -2.14. The van der Waals surface area contributed by atoms with Gasteiger partial charge in [-0.1, -0.05) is 33.8 Å². The first-order valence-electron chi connectivity index (χ1n) is 11.6. The summed E-state index contributed by atoms with van der Waals surface area (Å²) in [5.41, 5.74) is 4.75. The Labute approximate surface area is 185 Å². The Morgan fingerprint density at radius 1 is 1.13 bits per heavy atom. The van der Waals surface area contributed by atoms with Gasteiger partial charge in [0.05, 0.1) is 19.0 Å². The number of hydrogen-bond donors (Lipinski definition) is 2. The van der Waals surface area contributed by atoms with E-state index in [1.165, 1.54) is 12.8 Å². The molecule has 2 N–H and O–H groups in total. The van der Waals surface area contributed by atoms with Crippen LogP contribution in [0.25, 0.3) is 17.0 Å². The number of methoxy groups -OCH3 is 1. The molecule has 4 heterocycles. The molecule has 1 saturated carbocycles. The van der Waals surface area contributed by atoms with E-state index in [4.69, 9.17) is 14.8 Å². The molecule has 7 heteroatoms. The molecule has 3 aromatic heterocycles. The van der Waals surface area contributed by atoms with Crippen LogP contribution in [0, 0.1) is 6.92 Å². The van der Waals surface area contributed by atoms with E-state index in [9.17, 15) is 0 Å². The average Bonchev–Trinajstić information content (AvgIpc) is 3.39. The second kappa shape index (κ2) is 10.6. The van der Waals surface area contributed by atoms with Gasteiger partial charge in [0, 0.05) is 24.6 Å². The second-order valence-corrected chi connectivity index (χ2v) is 7.48. The molecule has 1 aliphatic heterocycles. The summed E-state index contributed by atoms with van der Waals surface area (Å²) in [7, 11) is 1.70. The minimum Gasteiger partial charge on any atom is -0.495 e. The summed E-state index contributed by atoms with van der Waals surface area (Å²) in [4.78, 5) is 9.44. The van der Waals surface area contributed by atoms with Gasteiger partial charge in [0.2, 0.25) is 0 Å². The third-order valence-corrected chi connectivity index (χ3v) is 5.42. The summed E-state index contributed by atoms with van der Waals surface area (Å²) in [5, 5.41) is 11.8. The van der Waals surface area contributed by atoms with E-state index in [1.54, 1.807) is 7.11 Å². The van der Waals surface area contributed by atoms with E-state index in [0.717, 1.165) is 59.4 Å². The molecular formula is C24H36N6O. The van der Waals surface area contributed by atoms with Gasteiger partial charge in [-0.05, 0) is 44.4 Å². The molecule has 0 bridgehead atoms. The molecule has 7 nitrogen and oxygen atoms in total. The van der Waals surface area contributed by atoms with E-state index < -0.39 is 0 Å². The van der Waals surface area contributed by atoms with E-state index in [1.807, 2.05) is 50.5 Å². The number of nitrogens with one attached hydrogen (secondary N) is 2. The topological polar surface area (TPSA) is 76.4 Å². The number of imidazole rings is 1. The van der Waals surface area contributed by atoms with Gasteiger partial charge in [-0.25, -0.2) is 14.5 Å². The average molecular weight is 425 g/mol. The highest BCUT2D eigenvalue weighted by Crippen LogP contribution is 2.43. The van der Waals surface area contributed by atoms with Crippen LogP contribution >= 0.6 is 0 Å². The zero-order valence-electron chi connectivity index (χ0n) is 19.7. The smallest absolute Gasteiger partial charge is 0.157 e. The minimum atomic E-state index is 0.430. The molecule has 168 valence electrons. The SMILES string of the molecule is CC.CC.COc1cc2ncc(-c3nc(NC4CCNC4)ccc3C)n2nc1C1CC1. The molecule has 0 amide bonds. The Morgan fingerprint density at radius 2 is 1.90 bits per heavy atom. The van der Waals surface area contributed by atoms with Crippen LogP contribution < -0.4 is 15.4 Å². The first-order chi connectivity index (χ1) is 15.2. The lowest BCUT2D eigenvalue weighted by atomic mass is 10.1. The van der Waals surface area contributed by atoms with Gasteiger partial charge in [-0.15, -0.1) is 0 Å². The van der Waals surface area contributed by atoms with Crippen molar-refractivity contribution in [3.05, 3.63) is 35.7 Å². The molecule has 2 aliphatic rings. The maximum absolute atomic E-state index is 5.54. The van der Waals surface area contributed by atoms with Crippen molar-refractivity contribution in [2.75, 3.05) is 25.5 Å². The first-order valence-corrected chi connectivity index (χ1v) is 11.6. The maximum atomic E-state index is 5.54. The third-order valence-electron chi connectivity index (χ3n) is 5.42. The summed E-state index contributed by atoms with van der Waals surface area (Å²) in [5.74, 6) is 2.22. The van der Waals surface area contributed by atoms with Gasteiger partial charge in [0.25, 0.3) is 0 Å². The normalized spacial score (nSPS) is 17.4. The number of aryl methyl sites for hydroxylation is 1. The van der Waals surface area contributed by atoms with Crippen molar-refractivity contribution in [2.24, 2.45) is 0 Å². The van der Waals surface area contributed by atoms with Crippen molar-refractivity contribution in [1.82, 2.24) is 24.9 Å². The molecule has 1 atom stereocenters. The highest BCUT2D eigenvalue weighted by molar-refractivity contribution is 5.65. The lowest BCUT2D eigenvalue weighted by Crippen LogP contribution is -2.22. The number of rotatable bonds is 5. The summed E-state index contributed by atoms with van der Waals surface area (Å²) < 4.78 is 7.45. The molecule has 1 unspecified atom stereocenters. The van der Waals surface area contributed by atoms with Gasteiger partial charge in [-0.2, -0.15) is 5.10 Å². The van der Waals surface area contributed by atoms with Crippen molar-refractivity contribution in [2.45, 2.75) is 65.8 Å². The summed E-state index contributed by atoms with van der Waals surface area (Å²) in [6.07, 6.45) is 5.32. The Morgan fingerprint density at radius 3 is 2.55 bits per heavy atom. The molecule has 2 fully saturated rings. The molecular weight excluding hydrogens is 388 g/mol. The van der Waals surface area contributed by atoms with Crippen molar-refractivity contribution >= 4 is 11.5 Å². The van der Waals surface area contributed by atoms with Crippen molar-refractivity contribution in [1.29, 1.82) is 0 Å². The number of pyridine rings is 1. The summed E-state index contributed by atoms with van der Waals surface area (Å²) in [6, 6.07) is 6.56. The molecule has 5 rings (SSSR count). The number of ether oxygens (including phenoxy) is 1. The zero-order chi connectivity index (χ0) is 22.4. The standard InChI is InChI=1S/C20H24N6O.2C2H6/c1-12-3-6-17(23-14-7-8-21-10-14)24-19(12)15-11-22-18-9-16(27-2)20(13-4-5-13)25-26(15)18;2*1-2/h3,6,9,11,13-14,21H,4-5,7-8,10H2,1-2H3,(H,23,24);2*1-2H3. The fourth-order valence-electron chi connectivity index (χ4n) is 3.73. The van der Waals surface area contributed by atoms with E-state index in [0.29, 0.717) is 12.0 Å². The minimum absolute atomic E-state index is 0.430. The van der Waals surface area contributed by atoms with Gasteiger partial charge >= 0.3 is 0 Å². The molecule has 31 heavy (non-hydrogen) atoms.